The number of hydrogen-bond donors (Lipinski definition) is 1. The fourth-order valence-electron chi connectivity index (χ4n) is 3.55. The second-order valence-electron chi connectivity index (χ2n) is 6.80. The van der Waals surface area contributed by atoms with Gasteiger partial charge in [0.1, 0.15) is 5.65 Å². The number of carbonyl (C=O) groups is 2. The smallest absolute Gasteiger partial charge is 0.255 e. The van der Waals surface area contributed by atoms with E-state index in [1.807, 2.05) is 39.9 Å². The number of piperidine rings is 1. The van der Waals surface area contributed by atoms with Crippen molar-refractivity contribution in [1.82, 2.24) is 19.8 Å². The Balaban J connectivity index is 1.62. The highest BCUT2D eigenvalue weighted by Crippen LogP contribution is 2.21. The highest BCUT2D eigenvalue weighted by molar-refractivity contribution is 5.97. The van der Waals surface area contributed by atoms with Gasteiger partial charge in [-0.25, -0.2) is 4.98 Å². The molecule has 0 unspecified atom stereocenters. The van der Waals surface area contributed by atoms with Gasteiger partial charge >= 0.3 is 0 Å². The largest absolute Gasteiger partial charge is 0.355 e. The monoisotopic (exact) mass is 362 g/mol. The van der Waals surface area contributed by atoms with Gasteiger partial charge in [0.05, 0.1) is 5.56 Å². The topological polar surface area (TPSA) is 67.2 Å². The highest BCUT2D eigenvalue weighted by Gasteiger charge is 2.19. The molecule has 6 nitrogen and oxygen atoms in total. The summed E-state index contributed by atoms with van der Waals surface area (Å²) < 4.78 is 1.96. The summed E-state index contributed by atoms with van der Waals surface area (Å²) >= 11 is 0. The van der Waals surface area contributed by atoms with Crippen LogP contribution in [0.3, 0.4) is 0 Å². The number of rotatable bonds is 3. The summed E-state index contributed by atoms with van der Waals surface area (Å²) in [6, 6.07) is 11.2. The third-order valence-electron chi connectivity index (χ3n) is 5.05. The van der Waals surface area contributed by atoms with Crippen molar-refractivity contribution >= 4 is 22.8 Å². The Morgan fingerprint density at radius 3 is 2.44 bits per heavy atom. The van der Waals surface area contributed by atoms with Gasteiger partial charge in [0.25, 0.3) is 11.8 Å². The lowest BCUT2D eigenvalue weighted by atomic mass is 10.1. The molecule has 1 fully saturated rings. The van der Waals surface area contributed by atoms with Crippen LogP contribution in [0.1, 0.15) is 40.0 Å². The molecule has 1 saturated heterocycles. The van der Waals surface area contributed by atoms with Gasteiger partial charge in [-0.2, -0.15) is 0 Å². The molecule has 0 saturated carbocycles. The first kappa shape index (κ1) is 17.3. The predicted octanol–water partition coefficient (Wildman–Crippen LogP) is 3.01. The first-order valence-corrected chi connectivity index (χ1v) is 9.26. The maximum absolute atomic E-state index is 12.7. The number of aromatic nitrogens is 2. The average molecular weight is 362 g/mol. The van der Waals surface area contributed by atoms with Crippen LogP contribution < -0.4 is 5.32 Å². The number of hydrogen-bond acceptors (Lipinski definition) is 3. The molecule has 4 rings (SSSR count). The number of nitrogens with zero attached hydrogens (tertiary/aromatic N) is 3. The number of pyridine rings is 1. The first-order chi connectivity index (χ1) is 13.2. The van der Waals surface area contributed by atoms with Crippen LogP contribution in [-0.2, 0) is 0 Å². The van der Waals surface area contributed by atoms with E-state index in [1.165, 1.54) is 6.42 Å². The molecule has 1 N–H and O–H groups in total. The molecule has 1 aromatic carbocycles. The highest BCUT2D eigenvalue weighted by atomic mass is 16.2. The summed E-state index contributed by atoms with van der Waals surface area (Å²) in [6.07, 6.45) is 6.94. The van der Waals surface area contributed by atoms with Gasteiger partial charge < -0.3 is 14.8 Å². The lowest BCUT2D eigenvalue weighted by Gasteiger charge is -2.26. The molecule has 6 heteroatoms. The van der Waals surface area contributed by atoms with Crippen molar-refractivity contribution in [2.45, 2.75) is 19.3 Å². The van der Waals surface area contributed by atoms with Crippen molar-refractivity contribution < 1.29 is 9.59 Å². The number of carbonyl (C=O) groups excluding carboxylic acids is 2. The minimum atomic E-state index is -0.113. The fourth-order valence-corrected chi connectivity index (χ4v) is 3.55. The molecular weight excluding hydrogens is 340 g/mol. The summed E-state index contributed by atoms with van der Waals surface area (Å²) in [5, 5.41) is 3.54. The van der Waals surface area contributed by atoms with Crippen molar-refractivity contribution in [1.29, 1.82) is 0 Å². The van der Waals surface area contributed by atoms with Crippen LogP contribution in [0.5, 0.6) is 0 Å². The Hall–Kier alpha value is -3.15. The fraction of sp³-hybridized carbons (Fsp3) is 0.286. The lowest BCUT2D eigenvalue weighted by Crippen LogP contribution is -2.35. The number of likely N-dealkylation sites (tertiary alicyclic amines) is 1. The van der Waals surface area contributed by atoms with Crippen LogP contribution in [0, 0.1) is 0 Å². The van der Waals surface area contributed by atoms with Gasteiger partial charge in [-0.1, -0.05) is 0 Å². The third-order valence-corrected chi connectivity index (χ3v) is 5.05. The maximum Gasteiger partial charge on any atom is 0.255 e. The van der Waals surface area contributed by atoms with E-state index in [0.29, 0.717) is 11.1 Å². The number of fused-ring (bicyclic) bond motifs is 1. The lowest BCUT2D eigenvalue weighted by molar-refractivity contribution is 0.0724. The normalized spacial score (nSPS) is 14.3. The summed E-state index contributed by atoms with van der Waals surface area (Å²) in [4.78, 5) is 30.8. The number of benzene rings is 1. The molecule has 138 valence electrons. The average Bonchev–Trinajstić information content (AvgIpc) is 3.16. The molecule has 0 bridgehead atoms. The van der Waals surface area contributed by atoms with Crippen LogP contribution >= 0.6 is 0 Å². The van der Waals surface area contributed by atoms with Crippen molar-refractivity contribution in [3.8, 4) is 5.69 Å². The SMILES string of the molecule is CNC(=O)c1ccc(-n2ccc3cc(C(=O)N4CCCCC4)cnc32)cc1. The summed E-state index contributed by atoms with van der Waals surface area (Å²) in [5.74, 6) is -0.0512. The summed E-state index contributed by atoms with van der Waals surface area (Å²) in [6.45, 7) is 1.66. The molecule has 3 heterocycles. The van der Waals surface area contributed by atoms with Gasteiger partial charge in [0, 0.05) is 49.2 Å². The molecular formula is C21H22N4O2. The third kappa shape index (κ3) is 3.30. The van der Waals surface area contributed by atoms with Crippen LogP contribution in [0.15, 0.2) is 48.8 Å². The van der Waals surface area contributed by atoms with Crippen LogP contribution in [0.2, 0.25) is 0 Å². The summed E-state index contributed by atoms with van der Waals surface area (Å²) in [7, 11) is 1.61. The predicted molar refractivity (Wildman–Crippen MR) is 104 cm³/mol. The van der Waals surface area contributed by atoms with Crippen LogP contribution in [0.4, 0.5) is 0 Å². The minimum absolute atomic E-state index is 0.0618. The van der Waals surface area contributed by atoms with Crippen molar-refractivity contribution in [3.63, 3.8) is 0 Å². The van der Waals surface area contributed by atoms with Crippen LogP contribution in [-0.4, -0.2) is 46.4 Å². The van der Waals surface area contributed by atoms with E-state index >= 15 is 0 Å². The van der Waals surface area contributed by atoms with E-state index in [1.54, 1.807) is 25.4 Å². The van der Waals surface area contributed by atoms with E-state index in [-0.39, 0.29) is 11.8 Å². The van der Waals surface area contributed by atoms with E-state index in [0.717, 1.165) is 42.7 Å². The van der Waals surface area contributed by atoms with Gasteiger partial charge in [-0.05, 0) is 55.7 Å². The minimum Gasteiger partial charge on any atom is -0.355 e. The molecule has 1 aliphatic heterocycles. The van der Waals surface area contributed by atoms with E-state index in [2.05, 4.69) is 10.3 Å². The molecule has 1 aliphatic rings. The summed E-state index contributed by atoms with van der Waals surface area (Å²) in [5.41, 5.74) is 2.95. The Bertz CT molecular complexity index is 985. The Kier molecular flexibility index (Phi) is 4.62. The van der Waals surface area contributed by atoms with Crippen molar-refractivity contribution in [2.75, 3.05) is 20.1 Å². The quantitative estimate of drug-likeness (QED) is 0.779. The molecule has 3 aromatic rings. The Morgan fingerprint density at radius 1 is 1.00 bits per heavy atom. The van der Waals surface area contributed by atoms with Gasteiger partial charge in [0.15, 0.2) is 0 Å². The molecule has 2 amide bonds. The first-order valence-electron chi connectivity index (χ1n) is 9.26. The molecule has 27 heavy (non-hydrogen) atoms. The van der Waals surface area contributed by atoms with E-state index in [9.17, 15) is 9.59 Å². The number of nitrogens with one attached hydrogen (secondary N) is 1. The zero-order valence-electron chi connectivity index (χ0n) is 15.3. The molecule has 2 aromatic heterocycles. The van der Waals surface area contributed by atoms with Crippen molar-refractivity contribution in [2.24, 2.45) is 0 Å². The Morgan fingerprint density at radius 2 is 1.74 bits per heavy atom. The van der Waals surface area contributed by atoms with Gasteiger partial charge in [0.2, 0.25) is 0 Å². The second-order valence-corrected chi connectivity index (χ2v) is 6.80. The molecule has 0 spiro atoms. The van der Waals surface area contributed by atoms with Gasteiger partial charge in [-0.3, -0.25) is 9.59 Å². The standard InChI is InChI=1S/C21H22N4O2/c1-22-20(26)15-5-7-18(8-6-15)25-12-9-16-13-17(14-23-19(16)25)21(27)24-10-3-2-4-11-24/h5-9,12-14H,2-4,10-11H2,1H3,(H,22,26). The second kappa shape index (κ2) is 7.23. The number of amides is 2. The van der Waals surface area contributed by atoms with E-state index in [4.69, 9.17) is 0 Å². The zero-order chi connectivity index (χ0) is 18.8. The molecule has 0 aliphatic carbocycles. The van der Waals surface area contributed by atoms with E-state index < -0.39 is 0 Å². The van der Waals surface area contributed by atoms with Crippen LogP contribution in [0.25, 0.3) is 16.7 Å². The molecule has 0 atom stereocenters. The molecule has 0 radical (unpaired) electrons. The van der Waals surface area contributed by atoms with Gasteiger partial charge in [-0.15, -0.1) is 0 Å². The Labute approximate surface area is 157 Å². The maximum atomic E-state index is 12.7. The van der Waals surface area contributed by atoms with Crippen molar-refractivity contribution in [3.05, 3.63) is 59.9 Å². The zero-order valence-corrected chi connectivity index (χ0v) is 15.3.